The maximum Gasteiger partial charge on any atom is 0.246 e. The van der Waals surface area contributed by atoms with E-state index in [2.05, 4.69) is 0 Å². The molecule has 0 bridgehead atoms. The maximum absolute atomic E-state index is 13.2. The Bertz CT molecular complexity index is 360. The van der Waals surface area contributed by atoms with Crippen molar-refractivity contribution in [1.82, 2.24) is 5.06 Å². The van der Waals surface area contributed by atoms with Crippen LogP contribution < -0.4 is 0 Å². The highest BCUT2D eigenvalue weighted by Crippen LogP contribution is 2.21. The first-order valence-electron chi connectivity index (χ1n) is 4.83. The van der Waals surface area contributed by atoms with Crippen LogP contribution in [0, 0.1) is 5.82 Å². The molecule has 1 rings (SSSR count). The third kappa shape index (κ3) is 3.83. The van der Waals surface area contributed by atoms with Gasteiger partial charge < -0.3 is 0 Å². The monoisotopic (exact) mass is 243 g/mol. The standard InChI is InChI=1S/C11H14FNO2S/c1-13(15-2)11(14)7-8-16-10-6-4-3-5-9(10)12/h3-6H,7-8H2,1-2H3. The minimum atomic E-state index is -0.250. The summed E-state index contributed by atoms with van der Waals surface area (Å²) in [6.45, 7) is 0. The lowest BCUT2D eigenvalue weighted by Gasteiger charge is -2.13. The van der Waals surface area contributed by atoms with Gasteiger partial charge in [-0.3, -0.25) is 9.63 Å². The van der Waals surface area contributed by atoms with Crippen LogP contribution in [0.2, 0.25) is 0 Å². The Morgan fingerprint density at radius 1 is 1.50 bits per heavy atom. The fourth-order valence-electron chi connectivity index (χ4n) is 1.07. The van der Waals surface area contributed by atoms with Gasteiger partial charge in [0.05, 0.1) is 7.11 Å². The molecular formula is C11H14FNO2S. The van der Waals surface area contributed by atoms with Crippen molar-refractivity contribution in [3.63, 3.8) is 0 Å². The van der Waals surface area contributed by atoms with Gasteiger partial charge in [0, 0.05) is 24.1 Å². The third-order valence-electron chi connectivity index (χ3n) is 2.04. The average Bonchev–Trinajstić information content (AvgIpc) is 2.30. The quantitative estimate of drug-likeness (QED) is 0.587. The number of rotatable bonds is 5. The first-order chi connectivity index (χ1) is 7.65. The Labute approximate surface area is 98.5 Å². The van der Waals surface area contributed by atoms with E-state index in [0.717, 1.165) is 0 Å². The first kappa shape index (κ1) is 13.0. The van der Waals surface area contributed by atoms with Crippen LogP contribution >= 0.6 is 11.8 Å². The van der Waals surface area contributed by atoms with Gasteiger partial charge in [-0.1, -0.05) is 12.1 Å². The van der Waals surface area contributed by atoms with Crippen molar-refractivity contribution in [3.05, 3.63) is 30.1 Å². The van der Waals surface area contributed by atoms with Gasteiger partial charge in [-0.2, -0.15) is 0 Å². The molecule has 0 N–H and O–H groups in total. The van der Waals surface area contributed by atoms with Crippen LogP contribution in [-0.2, 0) is 9.63 Å². The van der Waals surface area contributed by atoms with Crippen molar-refractivity contribution in [3.8, 4) is 0 Å². The molecular weight excluding hydrogens is 229 g/mol. The Kier molecular flexibility index (Phi) is 5.28. The second-order valence-electron chi connectivity index (χ2n) is 3.10. The Hall–Kier alpha value is -1.07. The van der Waals surface area contributed by atoms with E-state index in [1.54, 1.807) is 25.2 Å². The molecule has 0 aromatic heterocycles. The van der Waals surface area contributed by atoms with Crippen molar-refractivity contribution in [1.29, 1.82) is 0 Å². The number of amides is 1. The van der Waals surface area contributed by atoms with Crippen molar-refractivity contribution in [2.45, 2.75) is 11.3 Å². The zero-order valence-corrected chi connectivity index (χ0v) is 10.1. The van der Waals surface area contributed by atoms with Crippen molar-refractivity contribution < 1.29 is 14.0 Å². The van der Waals surface area contributed by atoms with Crippen LogP contribution in [0.1, 0.15) is 6.42 Å². The van der Waals surface area contributed by atoms with Gasteiger partial charge in [-0.05, 0) is 12.1 Å². The van der Waals surface area contributed by atoms with Gasteiger partial charge in [0.15, 0.2) is 0 Å². The molecule has 16 heavy (non-hydrogen) atoms. The van der Waals surface area contributed by atoms with Gasteiger partial charge in [0.1, 0.15) is 5.82 Å². The van der Waals surface area contributed by atoms with E-state index in [4.69, 9.17) is 4.84 Å². The maximum atomic E-state index is 13.2. The molecule has 0 spiro atoms. The summed E-state index contributed by atoms with van der Waals surface area (Å²) in [5, 5.41) is 1.17. The van der Waals surface area contributed by atoms with Crippen LogP contribution in [-0.4, -0.2) is 30.9 Å². The lowest BCUT2D eigenvalue weighted by molar-refractivity contribution is -0.168. The van der Waals surface area contributed by atoms with E-state index in [-0.39, 0.29) is 11.7 Å². The number of nitrogens with zero attached hydrogens (tertiary/aromatic N) is 1. The number of thioether (sulfide) groups is 1. The predicted molar refractivity (Wildman–Crippen MR) is 61.5 cm³/mol. The molecule has 1 aromatic carbocycles. The molecule has 0 aliphatic rings. The number of hydroxylamine groups is 2. The molecule has 5 heteroatoms. The Morgan fingerprint density at radius 2 is 2.19 bits per heavy atom. The van der Waals surface area contributed by atoms with Crippen molar-refractivity contribution in [2.24, 2.45) is 0 Å². The molecule has 0 fully saturated rings. The second-order valence-corrected chi connectivity index (χ2v) is 4.24. The van der Waals surface area contributed by atoms with Gasteiger partial charge in [-0.15, -0.1) is 11.8 Å². The third-order valence-corrected chi connectivity index (χ3v) is 3.09. The van der Waals surface area contributed by atoms with Crippen LogP contribution in [0.5, 0.6) is 0 Å². The molecule has 0 saturated carbocycles. The lowest BCUT2D eigenvalue weighted by atomic mass is 10.3. The summed E-state index contributed by atoms with van der Waals surface area (Å²) in [6, 6.07) is 6.52. The van der Waals surface area contributed by atoms with Crippen molar-refractivity contribution in [2.75, 3.05) is 19.9 Å². The Balaban J connectivity index is 2.36. The molecule has 1 aromatic rings. The summed E-state index contributed by atoms with van der Waals surface area (Å²) in [7, 11) is 2.98. The van der Waals surface area contributed by atoms with Gasteiger partial charge in [-0.25, -0.2) is 9.45 Å². The number of carbonyl (C=O) groups excluding carboxylic acids is 1. The first-order valence-corrected chi connectivity index (χ1v) is 5.81. The van der Waals surface area contributed by atoms with E-state index in [9.17, 15) is 9.18 Å². The number of hydrogen-bond acceptors (Lipinski definition) is 3. The van der Waals surface area contributed by atoms with Crippen LogP contribution in [0.15, 0.2) is 29.2 Å². The number of halogens is 1. The van der Waals surface area contributed by atoms with E-state index in [1.807, 2.05) is 0 Å². The second kappa shape index (κ2) is 6.50. The summed E-state index contributed by atoms with van der Waals surface area (Å²) in [4.78, 5) is 16.6. The van der Waals surface area contributed by atoms with Crippen LogP contribution in [0.4, 0.5) is 4.39 Å². The normalized spacial score (nSPS) is 10.2. The predicted octanol–water partition coefficient (Wildman–Crippen LogP) is 2.33. The van der Waals surface area contributed by atoms with Crippen molar-refractivity contribution >= 4 is 17.7 Å². The molecule has 0 aliphatic heterocycles. The summed E-state index contributed by atoms with van der Waals surface area (Å²) in [6.07, 6.45) is 0.323. The molecule has 3 nitrogen and oxygen atoms in total. The minimum Gasteiger partial charge on any atom is -0.275 e. The van der Waals surface area contributed by atoms with E-state index < -0.39 is 0 Å². The molecule has 0 unspecified atom stereocenters. The van der Waals surface area contributed by atoms with Gasteiger partial charge >= 0.3 is 0 Å². The topological polar surface area (TPSA) is 29.5 Å². The zero-order chi connectivity index (χ0) is 12.0. The molecule has 0 saturated heterocycles. The van der Waals surface area contributed by atoms with E-state index in [1.165, 1.54) is 30.0 Å². The van der Waals surface area contributed by atoms with E-state index in [0.29, 0.717) is 17.1 Å². The lowest BCUT2D eigenvalue weighted by Crippen LogP contribution is -2.25. The van der Waals surface area contributed by atoms with Crippen LogP contribution in [0.25, 0.3) is 0 Å². The summed E-state index contributed by atoms with van der Waals surface area (Å²) in [5.41, 5.74) is 0. The SMILES string of the molecule is CON(C)C(=O)CCSc1ccccc1F. The molecule has 0 aliphatic carbocycles. The highest BCUT2D eigenvalue weighted by molar-refractivity contribution is 7.99. The zero-order valence-electron chi connectivity index (χ0n) is 9.27. The van der Waals surface area contributed by atoms with Gasteiger partial charge in [0.25, 0.3) is 0 Å². The number of hydrogen-bond donors (Lipinski definition) is 0. The highest BCUT2D eigenvalue weighted by Gasteiger charge is 2.08. The molecule has 0 heterocycles. The minimum absolute atomic E-state index is 0.119. The summed E-state index contributed by atoms with van der Waals surface area (Å²) < 4.78 is 13.2. The van der Waals surface area contributed by atoms with E-state index >= 15 is 0 Å². The summed E-state index contributed by atoms with van der Waals surface area (Å²) >= 11 is 1.33. The number of benzene rings is 1. The van der Waals surface area contributed by atoms with Gasteiger partial charge in [0.2, 0.25) is 5.91 Å². The summed E-state index contributed by atoms with van der Waals surface area (Å²) in [5.74, 6) is 0.166. The fraction of sp³-hybridized carbons (Fsp3) is 0.364. The fourth-order valence-corrected chi connectivity index (χ4v) is 1.95. The smallest absolute Gasteiger partial charge is 0.246 e. The Morgan fingerprint density at radius 3 is 2.81 bits per heavy atom. The molecule has 0 radical (unpaired) electrons. The highest BCUT2D eigenvalue weighted by atomic mass is 32.2. The van der Waals surface area contributed by atoms with Crippen LogP contribution in [0.3, 0.4) is 0 Å². The molecule has 1 amide bonds. The molecule has 88 valence electrons. The average molecular weight is 243 g/mol. The number of carbonyl (C=O) groups is 1. The molecule has 0 atom stereocenters. The largest absolute Gasteiger partial charge is 0.275 e.